The van der Waals surface area contributed by atoms with Gasteiger partial charge in [-0.15, -0.1) is 0 Å². The molecule has 0 amide bonds. The fourth-order valence-electron chi connectivity index (χ4n) is 6.21. The molecule has 0 aliphatic carbocycles. The van der Waals surface area contributed by atoms with Crippen LogP contribution >= 0.6 is 0 Å². The highest BCUT2D eigenvalue weighted by atomic mass is 16.5. The number of rotatable bonds is 8. The minimum absolute atomic E-state index is 0.253. The topological polar surface area (TPSA) is 51.2 Å². The van der Waals surface area contributed by atoms with Crippen molar-refractivity contribution in [3.63, 3.8) is 0 Å². The Balaban J connectivity index is 1.52. The number of piperazine rings is 1. The summed E-state index contributed by atoms with van der Waals surface area (Å²) in [6.07, 6.45) is 2.40. The lowest BCUT2D eigenvalue weighted by Crippen LogP contribution is -2.58. The Hall–Kier alpha value is -3.35. The zero-order valence-corrected chi connectivity index (χ0v) is 21.9. The van der Waals surface area contributed by atoms with Crippen molar-refractivity contribution in [3.8, 4) is 11.5 Å². The molecule has 2 aliphatic heterocycles. The number of carbonyl (C=O) groups excluding carboxylic acids is 1. The Morgan fingerprint density at radius 2 is 1.59 bits per heavy atom. The minimum atomic E-state index is -0.380. The molecule has 3 aromatic carbocycles. The van der Waals surface area contributed by atoms with Gasteiger partial charge in [0, 0.05) is 49.3 Å². The van der Waals surface area contributed by atoms with Gasteiger partial charge in [-0.2, -0.15) is 0 Å². The van der Waals surface area contributed by atoms with Crippen LogP contribution in [-0.2, 0) is 11.3 Å². The molecule has 37 heavy (non-hydrogen) atoms. The summed E-state index contributed by atoms with van der Waals surface area (Å²) in [6, 6.07) is 26.1. The van der Waals surface area contributed by atoms with Gasteiger partial charge in [-0.05, 0) is 36.6 Å². The highest BCUT2D eigenvalue weighted by molar-refractivity contribution is 5.92. The van der Waals surface area contributed by atoms with Crippen LogP contribution in [0, 0.1) is 0 Å². The van der Waals surface area contributed by atoms with Crippen molar-refractivity contribution in [3.05, 3.63) is 95.1 Å². The highest BCUT2D eigenvalue weighted by Gasteiger charge is 2.42. The van der Waals surface area contributed by atoms with Gasteiger partial charge in [-0.3, -0.25) is 9.80 Å². The predicted octanol–water partition coefficient (Wildman–Crippen LogP) is 4.97. The summed E-state index contributed by atoms with van der Waals surface area (Å²) in [5.41, 5.74) is 4.01. The van der Waals surface area contributed by atoms with Crippen LogP contribution in [-0.4, -0.2) is 68.8 Å². The van der Waals surface area contributed by atoms with Crippen molar-refractivity contribution in [2.75, 3.05) is 41.0 Å². The van der Waals surface area contributed by atoms with Crippen LogP contribution in [0.5, 0.6) is 11.5 Å². The molecule has 0 N–H and O–H groups in total. The number of hydrogen-bond acceptors (Lipinski definition) is 6. The molecule has 2 fully saturated rings. The Morgan fingerprint density at radius 3 is 2.19 bits per heavy atom. The summed E-state index contributed by atoms with van der Waals surface area (Å²) in [7, 11) is 4.64. The zero-order chi connectivity index (χ0) is 25.8. The second kappa shape index (κ2) is 11.4. The lowest BCUT2D eigenvalue weighted by Gasteiger charge is -2.47. The van der Waals surface area contributed by atoms with Gasteiger partial charge >= 0.3 is 5.97 Å². The van der Waals surface area contributed by atoms with Crippen molar-refractivity contribution in [2.45, 2.75) is 37.4 Å². The number of esters is 1. The third-order valence-electron chi connectivity index (χ3n) is 7.89. The molecule has 194 valence electrons. The minimum Gasteiger partial charge on any atom is -0.497 e. The molecule has 2 heterocycles. The Morgan fingerprint density at radius 1 is 0.919 bits per heavy atom. The first-order valence-electron chi connectivity index (χ1n) is 13.0. The van der Waals surface area contributed by atoms with E-state index < -0.39 is 0 Å². The maximum Gasteiger partial charge on any atom is 0.338 e. The molecular weight excluding hydrogens is 464 g/mol. The van der Waals surface area contributed by atoms with Crippen LogP contribution in [0.4, 0.5) is 0 Å². The van der Waals surface area contributed by atoms with Crippen molar-refractivity contribution in [2.24, 2.45) is 0 Å². The molecule has 0 saturated carbocycles. The fourth-order valence-corrected chi connectivity index (χ4v) is 6.21. The van der Waals surface area contributed by atoms with Crippen molar-refractivity contribution < 1.29 is 19.0 Å². The fraction of sp³-hybridized carbons (Fsp3) is 0.387. The normalized spacial score (nSPS) is 20.0. The molecular formula is C31H36N2O4. The first kappa shape index (κ1) is 25.3. The molecule has 6 heteroatoms. The zero-order valence-electron chi connectivity index (χ0n) is 21.9. The van der Waals surface area contributed by atoms with E-state index in [9.17, 15) is 4.79 Å². The summed E-state index contributed by atoms with van der Waals surface area (Å²) in [5.74, 6) is 1.10. The van der Waals surface area contributed by atoms with Crippen LogP contribution < -0.4 is 9.47 Å². The van der Waals surface area contributed by atoms with Gasteiger partial charge in [0.25, 0.3) is 0 Å². The SMILES string of the molecule is COC(=O)c1cc(OC)cc(OC)c1CN1C[C@@H]2CCCN2[C@H](C(c2ccccc2)c2ccccc2)C1. The molecule has 0 spiro atoms. The number of hydrogen-bond donors (Lipinski definition) is 0. The standard InChI is InChI=1S/C31H36N2O4/c1-35-25-17-26(31(34)37-3)27(29(18-25)36-2)20-32-19-24-15-10-16-33(24)28(21-32)30(22-11-6-4-7-12-22)23-13-8-5-9-14-23/h4-9,11-14,17-18,24,28,30H,10,15-16,19-21H2,1-3H3/t24-,28-/m0/s1. The van der Waals surface area contributed by atoms with Crippen molar-refractivity contribution in [1.82, 2.24) is 9.80 Å². The maximum atomic E-state index is 12.8. The van der Waals surface area contributed by atoms with E-state index in [0.717, 1.165) is 25.2 Å². The van der Waals surface area contributed by atoms with E-state index in [-0.39, 0.29) is 11.9 Å². The summed E-state index contributed by atoms with van der Waals surface area (Å²) in [6.45, 7) is 3.58. The van der Waals surface area contributed by atoms with E-state index in [4.69, 9.17) is 14.2 Å². The predicted molar refractivity (Wildman–Crippen MR) is 144 cm³/mol. The van der Waals surface area contributed by atoms with E-state index >= 15 is 0 Å². The smallest absolute Gasteiger partial charge is 0.338 e. The highest BCUT2D eigenvalue weighted by Crippen LogP contribution is 2.39. The number of carbonyl (C=O) groups is 1. The Kier molecular flexibility index (Phi) is 7.77. The molecule has 2 atom stereocenters. The lowest BCUT2D eigenvalue weighted by atomic mass is 9.82. The maximum absolute atomic E-state index is 12.8. The molecule has 3 aromatic rings. The third kappa shape index (κ3) is 5.22. The Labute approximate surface area is 219 Å². The molecule has 0 aromatic heterocycles. The molecule has 0 radical (unpaired) electrons. The first-order valence-corrected chi connectivity index (χ1v) is 13.0. The van der Waals surface area contributed by atoms with Crippen LogP contribution in [0.25, 0.3) is 0 Å². The molecule has 5 rings (SSSR count). The quantitative estimate of drug-likeness (QED) is 0.407. The van der Waals surface area contributed by atoms with E-state index in [1.165, 1.54) is 31.1 Å². The van der Waals surface area contributed by atoms with Gasteiger partial charge in [0.2, 0.25) is 0 Å². The van der Waals surface area contributed by atoms with Gasteiger partial charge in [-0.25, -0.2) is 4.79 Å². The molecule has 2 saturated heterocycles. The summed E-state index contributed by atoms with van der Waals surface area (Å²) in [4.78, 5) is 18.0. The second-order valence-corrected chi connectivity index (χ2v) is 9.94. The number of methoxy groups -OCH3 is 3. The summed E-state index contributed by atoms with van der Waals surface area (Å²) < 4.78 is 16.3. The third-order valence-corrected chi connectivity index (χ3v) is 7.89. The van der Waals surface area contributed by atoms with Gasteiger partial charge < -0.3 is 14.2 Å². The summed E-state index contributed by atoms with van der Waals surface area (Å²) >= 11 is 0. The van der Waals surface area contributed by atoms with Gasteiger partial charge in [0.05, 0.1) is 26.9 Å². The monoisotopic (exact) mass is 500 g/mol. The average molecular weight is 501 g/mol. The van der Waals surface area contributed by atoms with Crippen LogP contribution in [0.2, 0.25) is 0 Å². The molecule has 2 aliphatic rings. The van der Waals surface area contributed by atoms with Crippen molar-refractivity contribution >= 4 is 5.97 Å². The summed E-state index contributed by atoms with van der Waals surface area (Å²) in [5, 5.41) is 0. The van der Waals surface area contributed by atoms with Crippen LogP contribution in [0.3, 0.4) is 0 Å². The lowest BCUT2D eigenvalue weighted by molar-refractivity contribution is 0.0375. The van der Waals surface area contributed by atoms with Crippen molar-refractivity contribution in [1.29, 1.82) is 0 Å². The number of fused-ring (bicyclic) bond motifs is 1. The average Bonchev–Trinajstić information content (AvgIpc) is 3.43. The molecule has 0 unspecified atom stereocenters. The van der Waals surface area contributed by atoms with Gasteiger partial charge in [0.1, 0.15) is 11.5 Å². The van der Waals surface area contributed by atoms with E-state index in [0.29, 0.717) is 35.7 Å². The van der Waals surface area contributed by atoms with Gasteiger partial charge in [0.15, 0.2) is 0 Å². The number of ether oxygens (including phenoxy) is 3. The largest absolute Gasteiger partial charge is 0.497 e. The van der Waals surface area contributed by atoms with Crippen LogP contribution in [0.15, 0.2) is 72.8 Å². The molecule has 6 nitrogen and oxygen atoms in total. The first-order chi connectivity index (χ1) is 18.1. The molecule has 0 bridgehead atoms. The number of benzene rings is 3. The van der Waals surface area contributed by atoms with E-state index in [1.54, 1.807) is 20.3 Å². The van der Waals surface area contributed by atoms with Gasteiger partial charge in [-0.1, -0.05) is 60.7 Å². The van der Waals surface area contributed by atoms with E-state index in [2.05, 4.69) is 70.5 Å². The second-order valence-electron chi connectivity index (χ2n) is 9.94. The Bertz CT molecular complexity index is 1160. The number of nitrogens with zero attached hydrogens (tertiary/aromatic N) is 2. The van der Waals surface area contributed by atoms with E-state index in [1.807, 2.05) is 6.07 Å². The van der Waals surface area contributed by atoms with Crippen LogP contribution in [0.1, 0.15) is 45.8 Å².